The zero-order valence-electron chi connectivity index (χ0n) is 7.09. The van der Waals surface area contributed by atoms with E-state index >= 15 is 0 Å². The van der Waals surface area contributed by atoms with Gasteiger partial charge in [0.1, 0.15) is 6.33 Å². The lowest BCUT2D eigenvalue weighted by atomic mass is 10.4. The van der Waals surface area contributed by atoms with E-state index in [0.29, 0.717) is 12.5 Å². The van der Waals surface area contributed by atoms with Gasteiger partial charge in [0.15, 0.2) is 5.82 Å². The molecule has 70 valence electrons. The predicted molar refractivity (Wildman–Crippen MR) is 46.2 cm³/mol. The van der Waals surface area contributed by atoms with Gasteiger partial charge in [0, 0.05) is 13.1 Å². The van der Waals surface area contributed by atoms with Crippen LogP contribution in [-0.4, -0.2) is 32.2 Å². The molecule has 1 aliphatic heterocycles. The maximum atomic E-state index is 5.57. The second kappa shape index (κ2) is 2.92. The summed E-state index contributed by atoms with van der Waals surface area (Å²) in [6, 6.07) is 0. The minimum Gasteiger partial charge on any atom is -0.368 e. The molecule has 1 aromatic heterocycles. The van der Waals surface area contributed by atoms with E-state index in [1.165, 1.54) is 0 Å². The van der Waals surface area contributed by atoms with Crippen molar-refractivity contribution >= 4 is 5.96 Å². The van der Waals surface area contributed by atoms with Crippen LogP contribution in [-0.2, 0) is 13.1 Å². The molecule has 7 nitrogen and oxygen atoms in total. The molecule has 7 heteroatoms. The van der Waals surface area contributed by atoms with Gasteiger partial charge >= 0.3 is 0 Å². The third-order valence-electron chi connectivity index (χ3n) is 2.10. The molecule has 0 radical (unpaired) electrons. The topological polar surface area (TPSA) is 98.3 Å². The monoisotopic (exact) mass is 181 g/mol. The summed E-state index contributed by atoms with van der Waals surface area (Å²) in [4.78, 5) is 1.87. The average molecular weight is 181 g/mol. The molecule has 1 aromatic rings. The number of hydrogen-bond acceptors (Lipinski definition) is 4. The Bertz CT molecular complexity index is 327. The van der Waals surface area contributed by atoms with Gasteiger partial charge in [-0.05, 0) is 0 Å². The highest BCUT2D eigenvalue weighted by atomic mass is 15.4. The number of hydrazone groups is 1. The van der Waals surface area contributed by atoms with Gasteiger partial charge in [-0.2, -0.15) is 0 Å². The summed E-state index contributed by atoms with van der Waals surface area (Å²) in [6.45, 7) is 2.22. The van der Waals surface area contributed by atoms with Gasteiger partial charge in [0.2, 0.25) is 5.96 Å². The van der Waals surface area contributed by atoms with Crippen LogP contribution in [0.1, 0.15) is 5.82 Å². The number of hydrogen-bond donors (Lipinski definition) is 2. The van der Waals surface area contributed by atoms with Crippen LogP contribution in [0.15, 0.2) is 11.4 Å². The quantitative estimate of drug-likeness (QED) is 0.215. The number of fused-ring (bicyclic) bond motifs is 1. The van der Waals surface area contributed by atoms with E-state index in [0.717, 1.165) is 18.9 Å². The van der Waals surface area contributed by atoms with Crippen molar-refractivity contribution in [2.24, 2.45) is 16.7 Å². The van der Waals surface area contributed by atoms with Crippen molar-refractivity contribution in [1.82, 2.24) is 19.7 Å². The third-order valence-corrected chi connectivity index (χ3v) is 2.10. The molecular weight excluding hydrogens is 170 g/mol. The Labute approximate surface area is 75.0 Å². The van der Waals surface area contributed by atoms with Crippen molar-refractivity contribution in [2.75, 3.05) is 6.54 Å². The van der Waals surface area contributed by atoms with Gasteiger partial charge < -0.3 is 21.0 Å². The Hall–Kier alpha value is -1.79. The van der Waals surface area contributed by atoms with Crippen LogP contribution in [0.25, 0.3) is 0 Å². The molecule has 0 bridgehead atoms. The Morgan fingerprint density at radius 2 is 2.38 bits per heavy atom. The standard InChI is InChI=1S/C6H11N7/c7-6(10-8)12-1-2-13-4-9-11-5(13)3-12/h4H,1-3,8H2,(H2,7,10). The molecule has 2 rings (SSSR count). The van der Waals surface area contributed by atoms with Crippen LogP contribution >= 0.6 is 0 Å². The summed E-state index contributed by atoms with van der Waals surface area (Å²) in [7, 11) is 0. The maximum Gasteiger partial charge on any atom is 0.213 e. The van der Waals surface area contributed by atoms with Gasteiger partial charge in [-0.3, -0.25) is 0 Å². The molecule has 0 atom stereocenters. The lowest BCUT2D eigenvalue weighted by Crippen LogP contribution is -2.43. The predicted octanol–water partition coefficient (Wildman–Crippen LogP) is -1.72. The molecule has 0 aliphatic carbocycles. The molecule has 0 spiro atoms. The lowest BCUT2D eigenvalue weighted by molar-refractivity contribution is 0.326. The minimum atomic E-state index is 0.342. The van der Waals surface area contributed by atoms with Crippen molar-refractivity contribution in [1.29, 1.82) is 0 Å². The van der Waals surface area contributed by atoms with E-state index in [-0.39, 0.29) is 0 Å². The molecule has 4 N–H and O–H groups in total. The Balaban J connectivity index is 2.17. The smallest absolute Gasteiger partial charge is 0.213 e. The van der Waals surface area contributed by atoms with Crippen molar-refractivity contribution in [2.45, 2.75) is 13.1 Å². The first-order valence-electron chi connectivity index (χ1n) is 3.96. The molecule has 13 heavy (non-hydrogen) atoms. The fourth-order valence-electron chi connectivity index (χ4n) is 1.34. The van der Waals surface area contributed by atoms with Crippen molar-refractivity contribution < 1.29 is 0 Å². The number of guanidine groups is 1. The highest BCUT2D eigenvalue weighted by molar-refractivity contribution is 5.77. The first-order chi connectivity index (χ1) is 6.31. The van der Waals surface area contributed by atoms with Crippen LogP contribution in [0.5, 0.6) is 0 Å². The Kier molecular flexibility index (Phi) is 1.76. The fourth-order valence-corrected chi connectivity index (χ4v) is 1.34. The van der Waals surface area contributed by atoms with Crippen molar-refractivity contribution in [3.05, 3.63) is 12.2 Å². The SMILES string of the molecule is NN=C(N)N1CCn2cnnc2C1. The van der Waals surface area contributed by atoms with Crippen LogP contribution in [0.3, 0.4) is 0 Å². The Morgan fingerprint density at radius 3 is 3.15 bits per heavy atom. The van der Waals surface area contributed by atoms with E-state index < -0.39 is 0 Å². The zero-order valence-corrected chi connectivity index (χ0v) is 7.09. The second-order valence-electron chi connectivity index (χ2n) is 2.85. The molecule has 0 aromatic carbocycles. The normalized spacial score (nSPS) is 17.2. The number of rotatable bonds is 0. The first kappa shape index (κ1) is 7.84. The summed E-state index contributed by atoms with van der Waals surface area (Å²) >= 11 is 0. The van der Waals surface area contributed by atoms with Crippen LogP contribution < -0.4 is 11.6 Å². The number of aromatic nitrogens is 3. The molecule has 0 unspecified atom stereocenters. The van der Waals surface area contributed by atoms with Gasteiger partial charge in [0.25, 0.3) is 0 Å². The summed E-state index contributed by atoms with van der Waals surface area (Å²) in [5.74, 6) is 6.31. The van der Waals surface area contributed by atoms with Gasteiger partial charge in [0.05, 0.1) is 6.54 Å². The van der Waals surface area contributed by atoms with E-state index in [2.05, 4.69) is 15.3 Å². The minimum absolute atomic E-state index is 0.342. The summed E-state index contributed by atoms with van der Waals surface area (Å²) in [5.41, 5.74) is 5.57. The molecule has 0 saturated carbocycles. The van der Waals surface area contributed by atoms with Crippen LogP contribution in [0, 0.1) is 0 Å². The van der Waals surface area contributed by atoms with E-state index in [9.17, 15) is 0 Å². The highest BCUT2D eigenvalue weighted by Gasteiger charge is 2.18. The van der Waals surface area contributed by atoms with Gasteiger partial charge in [-0.15, -0.1) is 15.3 Å². The second-order valence-corrected chi connectivity index (χ2v) is 2.85. The van der Waals surface area contributed by atoms with Crippen LogP contribution in [0.2, 0.25) is 0 Å². The van der Waals surface area contributed by atoms with Crippen LogP contribution in [0.4, 0.5) is 0 Å². The average Bonchev–Trinajstić information content (AvgIpc) is 2.63. The molecular formula is C6H11N7. The molecule has 0 amide bonds. The van der Waals surface area contributed by atoms with Crippen molar-refractivity contribution in [3.63, 3.8) is 0 Å². The van der Waals surface area contributed by atoms with E-state index in [1.54, 1.807) is 6.33 Å². The largest absolute Gasteiger partial charge is 0.368 e. The highest BCUT2D eigenvalue weighted by Crippen LogP contribution is 2.07. The third kappa shape index (κ3) is 1.28. The van der Waals surface area contributed by atoms with Crippen molar-refractivity contribution in [3.8, 4) is 0 Å². The van der Waals surface area contributed by atoms with Gasteiger partial charge in [-0.25, -0.2) is 0 Å². The van der Waals surface area contributed by atoms with E-state index in [4.69, 9.17) is 11.6 Å². The summed E-state index contributed by atoms with van der Waals surface area (Å²) in [5, 5.41) is 11.2. The van der Waals surface area contributed by atoms with E-state index in [1.807, 2.05) is 9.47 Å². The number of nitrogens with two attached hydrogens (primary N) is 2. The van der Waals surface area contributed by atoms with Gasteiger partial charge in [-0.1, -0.05) is 0 Å². The molecule has 1 aliphatic rings. The first-order valence-corrected chi connectivity index (χ1v) is 3.96. The fraction of sp³-hybridized carbons (Fsp3) is 0.500. The molecule has 2 heterocycles. The molecule has 0 fully saturated rings. The molecule has 0 saturated heterocycles. The zero-order chi connectivity index (χ0) is 9.26. The lowest BCUT2D eigenvalue weighted by Gasteiger charge is -2.27. The number of nitrogens with zero attached hydrogens (tertiary/aromatic N) is 5. The summed E-state index contributed by atoms with van der Waals surface area (Å²) < 4.78 is 1.99. The Morgan fingerprint density at radius 1 is 1.54 bits per heavy atom. The maximum absolute atomic E-state index is 5.57. The summed E-state index contributed by atoms with van der Waals surface area (Å²) in [6.07, 6.45) is 1.71.